The monoisotopic (exact) mass is 941 g/mol. The third kappa shape index (κ3) is 10.4. The van der Waals surface area contributed by atoms with Crippen molar-refractivity contribution < 1.29 is 0 Å². The molecule has 69 heavy (non-hydrogen) atoms. The predicted molar refractivity (Wildman–Crippen MR) is 306 cm³/mol. The molecule has 0 bridgehead atoms. The average Bonchev–Trinajstić information content (AvgIpc) is 3.68. The molecule has 8 aromatic rings. The maximum atomic E-state index is 2.74. The third-order valence-corrected chi connectivity index (χ3v) is 24.2. The van der Waals surface area contributed by atoms with E-state index in [4.69, 9.17) is 0 Å². The van der Waals surface area contributed by atoms with Crippen molar-refractivity contribution >= 4 is 46.4 Å². The number of fused-ring (bicyclic) bond motifs is 3. The lowest BCUT2D eigenvalue weighted by Gasteiger charge is -2.34. The normalized spacial score (nSPS) is 13.0. The first kappa shape index (κ1) is 48.6. The molecule has 0 nitrogen and oxygen atoms in total. The van der Waals surface area contributed by atoms with E-state index in [1.807, 2.05) is 0 Å². The maximum Gasteiger partial charge on any atom is 0.116 e. The van der Waals surface area contributed by atoms with Crippen molar-refractivity contribution in [1.29, 1.82) is 0 Å². The molecule has 2 heteroatoms. The summed E-state index contributed by atoms with van der Waals surface area (Å²) in [5, 5.41) is 8.69. The molecule has 8 aromatic carbocycles. The Morgan fingerprint density at radius 2 is 0.551 bits per heavy atom. The summed E-state index contributed by atoms with van der Waals surface area (Å²) >= 11 is 0. The summed E-state index contributed by atoms with van der Waals surface area (Å²) < 4.78 is 0. The topological polar surface area (TPSA) is 0 Å². The summed E-state index contributed by atoms with van der Waals surface area (Å²) in [5.41, 5.74) is 9.00. The van der Waals surface area contributed by atoms with Crippen molar-refractivity contribution in [2.45, 2.75) is 121 Å². The van der Waals surface area contributed by atoms with Crippen LogP contribution in [-0.4, -0.2) is 0 Å². The van der Waals surface area contributed by atoms with Gasteiger partial charge < -0.3 is 0 Å². The van der Waals surface area contributed by atoms with Crippen LogP contribution in [-0.2, 0) is 17.7 Å². The van der Waals surface area contributed by atoms with Crippen LogP contribution in [0.4, 0.5) is 0 Å². The standard InChI is InChI=1S/C67H74P2/c1-3-5-7-9-11-31-49-67(50-32-12-10-8-6-4-2)65-51-55(53-68(57-33-19-13-20-34-57,58-35-21-14-22-36-58)59-37-23-15-24-38-59)45-47-63(65)64-48-46-56(52-66(64)67)54-69(60-39-25-16-26-40-60,61-41-27-17-28-42-61)62-43-29-18-30-44-62/h13-30,33-48,51-52H,3-12,31-32,49-50,53-54H2,1-2H3/q+2. The second-order valence-corrected chi connectivity index (χ2v) is 26.8. The average molecular weight is 941 g/mol. The molecule has 0 radical (unpaired) electrons. The smallest absolute Gasteiger partial charge is 0.0654 e. The molecule has 1 aliphatic carbocycles. The molecule has 0 saturated carbocycles. The first-order valence-electron chi connectivity index (χ1n) is 26.5. The summed E-state index contributed by atoms with van der Waals surface area (Å²) in [6.07, 6.45) is 20.1. The zero-order valence-electron chi connectivity index (χ0n) is 41.5. The SMILES string of the molecule is CCCCCCCCC1(CCCCCCCC)c2cc(C[P+](c3ccccc3)(c3ccccc3)c3ccccc3)ccc2-c2ccc(C[P+](c3ccccc3)(c3ccccc3)c3ccccc3)cc21. The Bertz CT molecular complexity index is 2400. The maximum absolute atomic E-state index is 2.74. The summed E-state index contributed by atoms with van der Waals surface area (Å²) in [4.78, 5) is 0. The van der Waals surface area contributed by atoms with Crippen LogP contribution in [0.1, 0.15) is 126 Å². The van der Waals surface area contributed by atoms with Crippen molar-refractivity contribution in [3.05, 3.63) is 241 Å². The molecule has 0 aliphatic heterocycles. The third-order valence-electron chi connectivity index (χ3n) is 15.4. The molecule has 0 fully saturated rings. The lowest BCUT2D eigenvalue weighted by atomic mass is 9.70. The van der Waals surface area contributed by atoms with Gasteiger partial charge in [0.2, 0.25) is 0 Å². The fourth-order valence-electron chi connectivity index (χ4n) is 11.9. The predicted octanol–water partition coefficient (Wildman–Crippen LogP) is 16.4. The zero-order valence-corrected chi connectivity index (χ0v) is 43.3. The van der Waals surface area contributed by atoms with Crippen LogP contribution < -0.4 is 31.8 Å². The van der Waals surface area contributed by atoms with E-state index in [0.717, 1.165) is 12.3 Å². The van der Waals surface area contributed by atoms with E-state index in [9.17, 15) is 0 Å². The number of unbranched alkanes of at least 4 members (excludes halogenated alkanes) is 10. The zero-order chi connectivity index (χ0) is 47.2. The van der Waals surface area contributed by atoms with Crippen LogP contribution in [0.3, 0.4) is 0 Å². The largest absolute Gasteiger partial charge is 0.116 e. The highest BCUT2D eigenvalue weighted by Gasteiger charge is 2.49. The van der Waals surface area contributed by atoms with Gasteiger partial charge in [0.25, 0.3) is 0 Å². The van der Waals surface area contributed by atoms with Crippen molar-refractivity contribution in [2.24, 2.45) is 0 Å². The first-order chi connectivity index (χ1) is 34.1. The van der Waals surface area contributed by atoms with Crippen LogP contribution in [0, 0.1) is 0 Å². The van der Waals surface area contributed by atoms with Crippen molar-refractivity contribution in [3.8, 4) is 11.1 Å². The van der Waals surface area contributed by atoms with E-state index in [-0.39, 0.29) is 5.41 Å². The summed E-state index contributed by atoms with van der Waals surface area (Å²) in [6.45, 7) is 4.68. The van der Waals surface area contributed by atoms with Crippen LogP contribution in [0.2, 0.25) is 0 Å². The van der Waals surface area contributed by atoms with Gasteiger partial charge in [0.05, 0.1) is 12.3 Å². The Morgan fingerprint density at radius 3 is 0.826 bits per heavy atom. The highest BCUT2D eigenvalue weighted by atomic mass is 31.2. The molecule has 350 valence electrons. The lowest BCUT2D eigenvalue weighted by Crippen LogP contribution is -2.32. The minimum absolute atomic E-state index is 0.0487. The van der Waals surface area contributed by atoms with Gasteiger partial charge in [0.1, 0.15) is 46.4 Å². The van der Waals surface area contributed by atoms with Crippen molar-refractivity contribution in [1.82, 2.24) is 0 Å². The summed E-state index contributed by atoms with van der Waals surface area (Å²) in [7, 11) is -4.21. The fourth-order valence-corrected chi connectivity index (χ4v) is 20.4. The van der Waals surface area contributed by atoms with Crippen molar-refractivity contribution in [2.75, 3.05) is 0 Å². The molecule has 0 N–H and O–H groups in total. The minimum Gasteiger partial charge on any atom is -0.0654 e. The number of rotatable bonds is 24. The second-order valence-electron chi connectivity index (χ2n) is 19.8. The van der Waals surface area contributed by atoms with E-state index in [2.05, 4.69) is 232 Å². The van der Waals surface area contributed by atoms with Gasteiger partial charge in [-0.3, -0.25) is 0 Å². The van der Waals surface area contributed by atoms with Crippen LogP contribution in [0.25, 0.3) is 11.1 Å². The summed E-state index contributed by atoms with van der Waals surface area (Å²) in [5.74, 6) is 0. The molecule has 0 amide bonds. The second kappa shape index (κ2) is 23.5. The van der Waals surface area contributed by atoms with Gasteiger partial charge in [-0.05, 0) is 119 Å². The molecule has 1 aliphatic rings. The fraction of sp³-hybridized carbons (Fsp3) is 0.284. The highest BCUT2D eigenvalue weighted by molar-refractivity contribution is 7.95. The van der Waals surface area contributed by atoms with E-state index >= 15 is 0 Å². The van der Waals surface area contributed by atoms with Crippen molar-refractivity contribution in [3.63, 3.8) is 0 Å². The number of hydrogen-bond acceptors (Lipinski definition) is 0. The quantitative estimate of drug-likeness (QED) is 0.0418. The van der Waals surface area contributed by atoms with E-state index in [1.54, 1.807) is 11.1 Å². The first-order valence-corrected chi connectivity index (χ1v) is 30.4. The Morgan fingerprint density at radius 1 is 0.290 bits per heavy atom. The Labute approximate surface area is 417 Å². The van der Waals surface area contributed by atoms with Gasteiger partial charge in [-0.25, -0.2) is 0 Å². The minimum atomic E-state index is -2.11. The number of hydrogen-bond donors (Lipinski definition) is 0. The molecular formula is C67H74P2+2. The molecular weight excluding hydrogens is 867 g/mol. The van der Waals surface area contributed by atoms with E-state index < -0.39 is 14.5 Å². The van der Waals surface area contributed by atoms with Crippen LogP contribution >= 0.6 is 14.5 Å². The molecule has 0 atom stereocenters. The van der Waals surface area contributed by atoms with Crippen LogP contribution in [0.5, 0.6) is 0 Å². The number of benzene rings is 8. The van der Waals surface area contributed by atoms with E-state index in [1.165, 1.54) is 144 Å². The molecule has 0 unspecified atom stereocenters. The Hall–Kier alpha value is -5.38. The molecule has 0 aromatic heterocycles. The van der Waals surface area contributed by atoms with Gasteiger partial charge in [0.15, 0.2) is 0 Å². The van der Waals surface area contributed by atoms with Gasteiger partial charge in [-0.15, -0.1) is 0 Å². The van der Waals surface area contributed by atoms with Gasteiger partial charge >= 0.3 is 0 Å². The summed E-state index contributed by atoms with van der Waals surface area (Å²) in [6, 6.07) is 84.6. The Balaban J connectivity index is 1.21. The van der Waals surface area contributed by atoms with Crippen LogP contribution in [0.15, 0.2) is 218 Å². The lowest BCUT2D eigenvalue weighted by molar-refractivity contribution is 0.397. The van der Waals surface area contributed by atoms with Gasteiger partial charge in [-0.1, -0.05) is 236 Å². The molecule has 0 heterocycles. The van der Waals surface area contributed by atoms with E-state index in [0.29, 0.717) is 0 Å². The Kier molecular flexibility index (Phi) is 16.6. The van der Waals surface area contributed by atoms with Gasteiger partial charge in [-0.2, -0.15) is 0 Å². The molecule has 0 spiro atoms. The molecule has 0 saturated heterocycles. The highest BCUT2D eigenvalue weighted by Crippen LogP contribution is 2.62. The van der Waals surface area contributed by atoms with Gasteiger partial charge in [0, 0.05) is 5.41 Å². The molecule has 9 rings (SSSR count).